The molecule has 2 aromatic rings. The summed E-state index contributed by atoms with van der Waals surface area (Å²) in [6, 6.07) is 17.3. The Hall–Kier alpha value is -1.60. The van der Waals surface area contributed by atoms with E-state index < -0.39 is 5.60 Å². The van der Waals surface area contributed by atoms with E-state index in [9.17, 15) is 5.11 Å². The lowest BCUT2D eigenvalue weighted by Gasteiger charge is -2.21. The van der Waals surface area contributed by atoms with E-state index in [1.807, 2.05) is 61.5 Å². The normalized spacial score (nSPS) is 13.9. The minimum atomic E-state index is -1.04. The number of nitrogens with one attached hydrogen (secondary N) is 1. The van der Waals surface area contributed by atoms with Crippen LogP contribution >= 0.6 is 24.0 Å². The third kappa shape index (κ3) is 5.31. The van der Waals surface area contributed by atoms with E-state index in [0.29, 0.717) is 0 Å². The molecule has 0 saturated carbocycles. The van der Waals surface area contributed by atoms with Gasteiger partial charge in [-0.25, -0.2) is 4.99 Å². The Kier molecular flexibility index (Phi) is 6.83. The third-order valence-electron chi connectivity index (χ3n) is 3.28. The fourth-order valence-corrected chi connectivity index (χ4v) is 1.95. The second-order valence-corrected chi connectivity index (χ2v) is 5.33. The van der Waals surface area contributed by atoms with Crippen molar-refractivity contribution in [3.63, 3.8) is 0 Å². The highest BCUT2D eigenvalue weighted by atomic mass is 127. The lowest BCUT2D eigenvalue weighted by atomic mass is 9.96. The maximum Gasteiger partial charge on any atom is 0.193 e. The molecule has 5 heteroatoms. The minimum absolute atomic E-state index is 0. The molecule has 0 amide bonds. The van der Waals surface area contributed by atoms with Crippen LogP contribution in [0, 0.1) is 6.92 Å². The zero-order valence-corrected chi connectivity index (χ0v) is 15.1. The molecule has 0 aliphatic rings. The molecule has 0 saturated heterocycles. The molecule has 0 heterocycles. The van der Waals surface area contributed by atoms with E-state index in [2.05, 4.69) is 10.3 Å². The van der Waals surface area contributed by atoms with Gasteiger partial charge in [-0.15, -0.1) is 24.0 Å². The monoisotopic (exact) mass is 411 g/mol. The number of guanidine groups is 1. The van der Waals surface area contributed by atoms with Crippen molar-refractivity contribution in [2.45, 2.75) is 19.4 Å². The molecule has 1 atom stereocenters. The second kappa shape index (κ2) is 8.14. The molecular weight excluding hydrogens is 389 g/mol. The van der Waals surface area contributed by atoms with Crippen LogP contribution in [0.5, 0.6) is 0 Å². The van der Waals surface area contributed by atoms with Gasteiger partial charge in [0.15, 0.2) is 5.96 Å². The fourth-order valence-electron chi connectivity index (χ4n) is 1.95. The number of aryl methyl sites for hydroxylation is 1. The highest BCUT2D eigenvalue weighted by Gasteiger charge is 2.22. The van der Waals surface area contributed by atoms with Gasteiger partial charge in [0.2, 0.25) is 0 Å². The van der Waals surface area contributed by atoms with Gasteiger partial charge in [-0.3, -0.25) is 0 Å². The van der Waals surface area contributed by atoms with Crippen molar-refractivity contribution in [3.05, 3.63) is 65.7 Å². The van der Waals surface area contributed by atoms with Crippen LogP contribution in [0.1, 0.15) is 18.1 Å². The molecule has 0 bridgehead atoms. The molecule has 0 aliphatic carbocycles. The molecule has 4 N–H and O–H groups in total. The number of aliphatic imine (C=N–C) groups is 1. The fraction of sp³-hybridized carbons (Fsp3) is 0.235. The van der Waals surface area contributed by atoms with Gasteiger partial charge in [-0.1, -0.05) is 48.0 Å². The highest BCUT2D eigenvalue weighted by Crippen LogP contribution is 2.20. The van der Waals surface area contributed by atoms with Gasteiger partial charge in [-0.05, 0) is 31.5 Å². The lowest BCUT2D eigenvalue weighted by Crippen LogP contribution is -2.29. The van der Waals surface area contributed by atoms with E-state index in [-0.39, 0.29) is 36.5 Å². The Bertz CT molecular complexity index is 610. The van der Waals surface area contributed by atoms with Crippen LogP contribution in [-0.4, -0.2) is 17.6 Å². The van der Waals surface area contributed by atoms with Crippen LogP contribution in [0.2, 0.25) is 0 Å². The number of aliphatic hydroxyl groups is 1. The van der Waals surface area contributed by atoms with Gasteiger partial charge >= 0.3 is 0 Å². The minimum Gasteiger partial charge on any atom is -0.384 e. The first-order valence-corrected chi connectivity index (χ1v) is 6.89. The topological polar surface area (TPSA) is 70.6 Å². The van der Waals surface area contributed by atoms with Gasteiger partial charge in [0.1, 0.15) is 5.60 Å². The van der Waals surface area contributed by atoms with E-state index in [0.717, 1.165) is 11.3 Å². The molecule has 2 rings (SSSR count). The summed E-state index contributed by atoms with van der Waals surface area (Å²) in [4.78, 5) is 4.22. The third-order valence-corrected chi connectivity index (χ3v) is 3.28. The molecule has 0 fully saturated rings. The van der Waals surface area contributed by atoms with Gasteiger partial charge in [-0.2, -0.15) is 0 Å². The standard InChI is InChI=1S/C17H21N3O.HI/c1-13-8-10-15(11-9-13)20-16(18)19-12-17(2,21)14-6-4-3-5-7-14;/h3-11,21H,12H2,1-2H3,(H3,18,19,20);1H. The summed E-state index contributed by atoms with van der Waals surface area (Å²) in [6.07, 6.45) is 0. The average molecular weight is 411 g/mol. The average Bonchev–Trinajstić information content (AvgIpc) is 2.49. The van der Waals surface area contributed by atoms with E-state index in [4.69, 9.17) is 5.73 Å². The molecular formula is C17H22IN3O. The summed E-state index contributed by atoms with van der Waals surface area (Å²) < 4.78 is 0. The summed E-state index contributed by atoms with van der Waals surface area (Å²) in [7, 11) is 0. The van der Waals surface area contributed by atoms with Crippen LogP contribution in [-0.2, 0) is 5.60 Å². The molecule has 22 heavy (non-hydrogen) atoms. The van der Waals surface area contributed by atoms with Crippen molar-refractivity contribution in [2.75, 3.05) is 11.9 Å². The molecule has 0 radical (unpaired) electrons. The number of benzene rings is 2. The van der Waals surface area contributed by atoms with Crippen LogP contribution < -0.4 is 11.1 Å². The number of hydrogen-bond acceptors (Lipinski definition) is 2. The van der Waals surface area contributed by atoms with Gasteiger partial charge in [0.05, 0.1) is 6.54 Å². The number of halogens is 1. The number of hydrogen-bond donors (Lipinski definition) is 3. The Balaban J connectivity index is 0.00000242. The number of nitrogens with two attached hydrogens (primary N) is 1. The highest BCUT2D eigenvalue weighted by molar-refractivity contribution is 14.0. The van der Waals surface area contributed by atoms with Crippen molar-refractivity contribution in [2.24, 2.45) is 10.7 Å². The maximum atomic E-state index is 10.4. The predicted octanol–water partition coefficient (Wildman–Crippen LogP) is 3.25. The van der Waals surface area contributed by atoms with E-state index in [1.54, 1.807) is 6.92 Å². The second-order valence-electron chi connectivity index (χ2n) is 5.33. The number of anilines is 1. The summed E-state index contributed by atoms with van der Waals surface area (Å²) >= 11 is 0. The lowest BCUT2D eigenvalue weighted by molar-refractivity contribution is 0.0674. The van der Waals surface area contributed by atoms with Crippen molar-refractivity contribution in [3.8, 4) is 0 Å². The molecule has 0 aromatic heterocycles. The molecule has 0 aliphatic heterocycles. The SMILES string of the molecule is Cc1ccc(NC(N)=NCC(C)(O)c2ccccc2)cc1.I. The van der Waals surface area contributed by atoms with Gasteiger partial charge in [0, 0.05) is 5.69 Å². The van der Waals surface area contributed by atoms with Crippen LogP contribution in [0.3, 0.4) is 0 Å². The van der Waals surface area contributed by atoms with Crippen LogP contribution in [0.15, 0.2) is 59.6 Å². The molecule has 2 aromatic carbocycles. The van der Waals surface area contributed by atoms with Crippen molar-refractivity contribution >= 4 is 35.6 Å². The van der Waals surface area contributed by atoms with E-state index >= 15 is 0 Å². The predicted molar refractivity (Wildman–Crippen MR) is 103 cm³/mol. The van der Waals surface area contributed by atoms with Crippen LogP contribution in [0.25, 0.3) is 0 Å². The largest absolute Gasteiger partial charge is 0.384 e. The van der Waals surface area contributed by atoms with Crippen molar-refractivity contribution < 1.29 is 5.11 Å². The molecule has 4 nitrogen and oxygen atoms in total. The van der Waals surface area contributed by atoms with Crippen LogP contribution in [0.4, 0.5) is 5.69 Å². The van der Waals surface area contributed by atoms with Crippen molar-refractivity contribution in [1.82, 2.24) is 0 Å². The Morgan fingerprint density at radius 1 is 1.14 bits per heavy atom. The van der Waals surface area contributed by atoms with Gasteiger partial charge < -0.3 is 16.2 Å². The summed E-state index contributed by atoms with van der Waals surface area (Å²) in [5.41, 5.74) is 7.69. The first kappa shape index (κ1) is 18.4. The van der Waals surface area contributed by atoms with Crippen molar-refractivity contribution in [1.29, 1.82) is 0 Å². The first-order valence-electron chi connectivity index (χ1n) is 6.89. The zero-order valence-electron chi connectivity index (χ0n) is 12.8. The first-order chi connectivity index (χ1) is 9.97. The molecule has 118 valence electrons. The number of nitrogens with zero attached hydrogens (tertiary/aromatic N) is 1. The van der Waals surface area contributed by atoms with E-state index in [1.165, 1.54) is 5.56 Å². The van der Waals surface area contributed by atoms with Gasteiger partial charge in [0.25, 0.3) is 0 Å². The quantitative estimate of drug-likeness (QED) is 0.411. The Labute approximate surface area is 148 Å². The number of rotatable bonds is 4. The summed E-state index contributed by atoms with van der Waals surface area (Å²) in [5, 5.41) is 13.5. The Morgan fingerprint density at radius 2 is 1.73 bits per heavy atom. The Morgan fingerprint density at radius 3 is 2.32 bits per heavy atom. The molecule has 0 spiro atoms. The maximum absolute atomic E-state index is 10.4. The summed E-state index contributed by atoms with van der Waals surface area (Å²) in [5.74, 6) is 0.287. The molecule has 1 unspecified atom stereocenters. The zero-order chi connectivity index (χ0) is 15.3. The summed E-state index contributed by atoms with van der Waals surface area (Å²) in [6.45, 7) is 3.95. The smallest absolute Gasteiger partial charge is 0.193 e.